The second-order valence-corrected chi connectivity index (χ2v) is 8.32. The van der Waals surface area contributed by atoms with E-state index in [1.54, 1.807) is 0 Å². The summed E-state index contributed by atoms with van der Waals surface area (Å²) in [5, 5.41) is 2.43. The van der Waals surface area contributed by atoms with Gasteiger partial charge in [-0.25, -0.2) is 9.97 Å². The molecule has 0 radical (unpaired) electrons. The number of benzene rings is 1. The molecule has 194 valence electrons. The first-order chi connectivity index (χ1) is 16.8. The van der Waals surface area contributed by atoms with E-state index in [1.165, 1.54) is 18.2 Å². The Hall–Kier alpha value is -3.26. The largest absolute Gasteiger partial charge is 0.478 e. The summed E-state index contributed by atoms with van der Waals surface area (Å²) in [4.78, 5) is 20.2. The van der Waals surface area contributed by atoms with Crippen LogP contribution in [0.2, 0.25) is 5.02 Å². The summed E-state index contributed by atoms with van der Waals surface area (Å²) in [5.41, 5.74) is -2.02. The predicted molar refractivity (Wildman–Crippen MR) is 111 cm³/mol. The number of pyridine rings is 1. The van der Waals surface area contributed by atoms with Gasteiger partial charge in [0.05, 0.1) is 5.02 Å². The highest BCUT2D eigenvalue weighted by molar-refractivity contribution is 6.30. The fraction of sp³-hybridized carbons (Fsp3) is 0.381. The smallest absolute Gasteiger partial charge is 0.422 e. The van der Waals surface area contributed by atoms with Gasteiger partial charge in [0.2, 0.25) is 0 Å². The third-order valence-corrected chi connectivity index (χ3v) is 5.55. The lowest BCUT2D eigenvalue weighted by atomic mass is 9.74. The Balaban J connectivity index is 1.46. The van der Waals surface area contributed by atoms with E-state index in [-0.39, 0.29) is 33.5 Å². The number of alkyl halides is 6. The number of oxazole rings is 1. The van der Waals surface area contributed by atoms with Crippen LogP contribution in [0.3, 0.4) is 0 Å². The van der Waals surface area contributed by atoms with Crippen molar-refractivity contribution in [1.82, 2.24) is 15.3 Å². The van der Waals surface area contributed by atoms with E-state index in [1.807, 2.05) is 0 Å². The highest BCUT2D eigenvalue weighted by Crippen LogP contribution is 2.47. The van der Waals surface area contributed by atoms with Gasteiger partial charge in [-0.2, -0.15) is 26.3 Å². The number of hydrogen-bond acceptors (Lipinski definition) is 7. The molecule has 0 saturated heterocycles. The van der Waals surface area contributed by atoms with Crippen LogP contribution < -0.4 is 14.8 Å². The standard InChI is InChI=1S/C21H16ClF6N3O5/c1-33-19(21(26,27)28)6-11(7-19)30-16(32)18-31-13-3-2-12(5-14(13)36-18)35-17-15(4-10(22)8-29-17)34-9-20(23,24)25/h2-5,8,11H,6-7,9H2,1H3,(H,30,32). The summed E-state index contributed by atoms with van der Waals surface area (Å²) in [7, 11) is 0.955. The van der Waals surface area contributed by atoms with Gasteiger partial charge in [-0.1, -0.05) is 11.6 Å². The molecule has 0 bridgehead atoms. The van der Waals surface area contributed by atoms with E-state index < -0.39 is 55.2 Å². The molecule has 1 aromatic carbocycles. The molecule has 8 nitrogen and oxygen atoms in total. The molecule has 2 aromatic heterocycles. The van der Waals surface area contributed by atoms with Crippen LogP contribution in [0.15, 0.2) is 34.9 Å². The Morgan fingerprint density at radius 2 is 1.94 bits per heavy atom. The van der Waals surface area contributed by atoms with Crippen LogP contribution in [0.5, 0.6) is 17.4 Å². The Kier molecular flexibility index (Phi) is 6.68. The van der Waals surface area contributed by atoms with Crippen LogP contribution in [-0.4, -0.2) is 53.6 Å². The third-order valence-electron chi connectivity index (χ3n) is 5.34. The van der Waals surface area contributed by atoms with Gasteiger partial charge in [0.1, 0.15) is 11.3 Å². The fourth-order valence-electron chi connectivity index (χ4n) is 3.52. The number of rotatable bonds is 7. The van der Waals surface area contributed by atoms with E-state index in [2.05, 4.69) is 20.0 Å². The normalized spacial score (nSPS) is 20.2. The zero-order valence-electron chi connectivity index (χ0n) is 18.2. The molecule has 3 aromatic rings. The Morgan fingerprint density at radius 3 is 2.58 bits per heavy atom. The molecule has 0 spiro atoms. The summed E-state index contributed by atoms with van der Waals surface area (Å²) in [6, 6.07) is 4.40. The van der Waals surface area contributed by atoms with Crippen LogP contribution in [0, 0.1) is 0 Å². The Morgan fingerprint density at radius 1 is 1.22 bits per heavy atom. The lowest BCUT2D eigenvalue weighted by Gasteiger charge is -2.47. The summed E-state index contributed by atoms with van der Waals surface area (Å²) in [5.74, 6) is -1.83. The van der Waals surface area contributed by atoms with Crippen molar-refractivity contribution >= 4 is 28.6 Å². The van der Waals surface area contributed by atoms with Gasteiger partial charge in [0.15, 0.2) is 23.5 Å². The van der Waals surface area contributed by atoms with Gasteiger partial charge in [-0.05, 0) is 12.1 Å². The molecule has 1 N–H and O–H groups in total. The molecule has 0 aliphatic heterocycles. The minimum absolute atomic E-state index is 0.0188. The van der Waals surface area contributed by atoms with Gasteiger partial charge in [0, 0.05) is 44.3 Å². The van der Waals surface area contributed by atoms with Gasteiger partial charge >= 0.3 is 18.3 Å². The fourth-order valence-corrected chi connectivity index (χ4v) is 3.67. The number of aromatic nitrogens is 2. The maximum Gasteiger partial charge on any atom is 0.422 e. The summed E-state index contributed by atoms with van der Waals surface area (Å²) >= 11 is 5.77. The molecule has 0 unspecified atom stereocenters. The number of methoxy groups -OCH3 is 1. The molecular formula is C21H16ClF6N3O5. The zero-order chi connectivity index (χ0) is 26.3. The molecule has 36 heavy (non-hydrogen) atoms. The van der Waals surface area contributed by atoms with Crippen LogP contribution in [0.25, 0.3) is 11.1 Å². The van der Waals surface area contributed by atoms with Crippen molar-refractivity contribution in [3.05, 3.63) is 41.4 Å². The molecule has 4 rings (SSSR count). The van der Waals surface area contributed by atoms with Crippen molar-refractivity contribution in [2.75, 3.05) is 13.7 Å². The van der Waals surface area contributed by atoms with Crippen molar-refractivity contribution in [3.63, 3.8) is 0 Å². The molecule has 1 aliphatic rings. The SMILES string of the molecule is COC1(C(F)(F)F)CC(NC(=O)c2nc3ccc(Oc4ncc(Cl)cc4OCC(F)(F)F)cc3o2)C1. The van der Waals surface area contributed by atoms with Crippen molar-refractivity contribution in [2.45, 2.75) is 36.8 Å². The summed E-state index contributed by atoms with van der Waals surface area (Å²) in [6.07, 6.45) is -8.95. The second-order valence-electron chi connectivity index (χ2n) is 7.89. The first kappa shape index (κ1) is 25.8. The van der Waals surface area contributed by atoms with Crippen molar-refractivity contribution in [1.29, 1.82) is 0 Å². The molecule has 1 saturated carbocycles. The number of halogens is 7. The van der Waals surface area contributed by atoms with Crippen molar-refractivity contribution in [3.8, 4) is 17.4 Å². The van der Waals surface area contributed by atoms with Crippen molar-refractivity contribution in [2.24, 2.45) is 0 Å². The lowest BCUT2D eigenvalue weighted by molar-refractivity contribution is -0.301. The number of amides is 1. The quantitative estimate of drug-likeness (QED) is 0.399. The molecule has 1 amide bonds. The number of carbonyl (C=O) groups is 1. The predicted octanol–water partition coefficient (Wildman–Crippen LogP) is 5.45. The topological polar surface area (TPSA) is 95.7 Å². The minimum Gasteiger partial charge on any atom is -0.478 e. The number of nitrogens with one attached hydrogen (secondary N) is 1. The lowest BCUT2D eigenvalue weighted by Crippen LogP contribution is -2.63. The maximum absolute atomic E-state index is 13.1. The minimum atomic E-state index is -4.60. The van der Waals surface area contributed by atoms with Crippen molar-refractivity contribution < 1.29 is 49.8 Å². The van der Waals surface area contributed by atoms with Gasteiger partial charge in [-0.15, -0.1) is 0 Å². The monoisotopic (exact) mass is 539 g/mol. The van der Waals surface area contributed by atoms with E-state index in [9.17, 15) is 31.1 Å². The van der Waals surface area contributed by atoms with Gasteiger partial charge < -0.3 is 23.9 Å². The first-order valence-corrected chi connectivity index (χ1v) is 10.5. The molecule has 1 fully saturated rings. The highest BCUT2D eigenvalue weighted by Gasteiger charge is 2.63. The van der Waals surface area contributed by atoms with E-state index in [0.717, 1.165) is 19.4 Å². The summed E-state index contributed by atoms with van der Waals surface area (Å²) in [6.45, 7) is -1.60. The zero-order valence-corrected chi connectivity index (χ0v) is 18.9. The van der Waals surface area contributed by atoms with Crippen LogP contribution in [0.1, 0.15) is 23.5 Å². The number of hydrogen-bond donors (Lipinski definition) is 1. The Labute approximate surface area is 203 Å². The van der Waals surface area contributed by atoms with E-state index >= 15 is 0 Å². The van der Waals surface area contributed by atoms with Crippen LogP contribution in [-0.2, 0) is 4.74 Å². The molecular weight excluding hydrogens is 524 g/mol. The molecule has 2 heterocycles. The molecule has 15 heteroatoms. The molecule has 1 aliphatic carbocycles. The van der Waals surface area contributed by atoms with E-state index in [0.29, 0.717) is 0 Å². The maximum atomic E-state index is 13.1. The average Bonchev–Trinajstić information content (AvgIpc) is 3.18. The number of nitrogens with zero attached hydrogens (tertiary/aromatic N) is 2. The Bertz CT molecular complexity index is 1270. The van der Waals surface area contributed by atoms with Crippen LogP contribution >= 0.6 is 11.6 Å². The number of carbonyl (C=O) groups excluding carboxylic acids is 1. The van der Waals surface area contributed by atoms with E-state index in [4.69, 9.17) is 25.5 Å². The average molecular weight is 540 g/mol. The van der Waals surface area contributed by atoms with Gasteiger partial charge in [0.25, 0.3) is 11.8 Å². The number of fused-ring (bicyclic) bond motifs is 1. The summed E-state index contributed by atoms with van der Waals surface area (Å²) < 4.78 is 97.1. The highest BCUT2D eigenvalue weighted by atomic mass is 35.5. The number of ether oxygens (including phenoxy) is 3. The van der Waals surface area contributed by atoms with Crippen LogP contribution in [0.4, 0.5) is 26.3 Å². The third kappa shape index (κ3) is 5.43. The second kappa shape index (κ2) is 9.32. The first-order valence-electron chi connectivity index (χ1n) is 10.1. The van der Waals surface area contributed by atoms with Gasteiger partial charge in [-0.3, -0.25) is 4.79 Å². The molecule has 0 atom stereocenters.